The quantitative estimate of drug-likeness (QED) is 0.356. The number of carbonyl (C=O) groups is 3. The number of nitrogens with two attached hydrogens (primary N) is 1. The van der Waals surface area contributed by atoms with Crippen LogP contribution in [0.2, 0.25) is 0 Å². The van der Waals surface area contributed by atoms with Gasteiger partial charge in [0.25, 0.3) is 0 Å². The highest BCUT2D eigenvalue weighted by molar-refractivity contribution is 5.87. The molecule has 0 rings (SSSR count). The van der Waals surface area contributed by atoms with E-state index in [1.807, 2.05) is 13.8 Å². The molecule has 0 fully saturated rings. The summed E-state index contributed by atoms with van der Waals surface area (Å²) in [6, 6.07) is -2.08. The molecule has 0 bridgehead atoms. The molecule has 0 saturated heterocycles. The molecule has 0 spiro atoms. The van der Waals surface area contributed by atoms with Crippen molar-refractivity contribution >= 4 is 17.9 Å². The highest BCUT2D eigenvalue weighted by Crippen LogP contribution is 2.03. The lowest BCUT2D eigenvalue weighted by atomic mass is 10.0. The molecule has 20 heavy (non-hydrogen) atoms. The van der Waals surface area contributed by atoms with Crippen LogP contribution in [0, 0.1) is 5.92 Å². The van der Waals surface area contributed by atoms with Crippen LogP contribution < -0.4 is 21.7 Å². The van der Waals surface area contributed by atoms with Gasteiger partial charge in [0.1, 0.15) is 6.04 Å². The van der Waals surface area contributed by atoms with Crippen LogP contribution in [0.25, 0.3) is 0 Å². The molecule has 0 aromatic rings. The first kappa shape index (κ1) is 18.2. The lowest BCUT2D eigenvalue weighted by molar-refractivity contribution is -0.142. The standard InChI is InChI=1S/C12H24N4O4/c1-7(2)9(14-3)10(17)16-8(11(18)19)5-4-6-15-12(13)20/h7-9,14H,4-6H2,1-3H3,(H,16,17)(H,18,19)(H3,13,15,20)/t8-,9-/m0/s1. The average Bonchev–Trinajstić information content (AvgIpc) is 2.32. The van der Waals surface area contributed by atoms with Gasteiger partial charge in [0.05, 0.1) is 6.04 Å². The van der Waals surface area contributed by atoms with Crippen LogP contribution in [0.15, 0.2) is 0 Å². The molecule has 8 nitrogen and oxygen atoms in total. The molecule has 0 aliphatic rings. The highest BCUT2D eigenvalue weighted by atomic mass is 16.4. The SMILES string of the molecule is CN[C@H](C(=O)N[C@@H](CCCNC(N)=O)C(=O)O)C(C)C. The Morgan fingerprint density at radius 3 is 2.25 bits per heavy atom. The number of hydrogen-bond acceptors (Lipinski definition) is 4. The molecule has 0 aromatic carbocycles. The van der Waals surface area contributed by atoms with Gasteiger partial charge in [0, 0.05) is 6.54 Å². The summed E-state index contributed by atoms with van der Waals surface area (Å²) in [5.41, 5.74) is 4.90. The van der Waals surface area contributed by atoms with Crippen molar-refractivity contribution in [3.63, 3.8) is 0 Å². The number of carboxylic acid groups (broad SMARTS) is 1. The Morgan fingerprint density at radius 1 is 1.25 bits per heavy atom. The number of nitrogens with one attached hydrogen (secondary N) is 3. The van der Waals surface area contributed by atoms with Crippen molar-refractivity contribution < 1.29 is 19.5 Å². The number of primary amides is 1. The summed E-state index contributed by atoms with van der Waals surface area (Å²) in [5, 5.41) is 16.8. The first-order chi connectivity index (χ1) is 9.29. The number of carbonyl (C=O) groups excluding carboxylic acids is 2. The fourth-order valence-electron chi connectivity index (χ4n) is 1.80. The van der Waals surface area contributed by atoms with Crippen molar-refractivity contribution in [1.29, 1.82) is 0 Å². The molecule has 2 atom stereocenters. The highest BCUT2D eigenvalue weighted by Gasteiger charge is 2.25. The van der Waals surface area contributed by atoms with Gasteiger partial charge in [-0.15, -0.1) is 0 Å². The van der Waals surface area contributed by atoms with Crippen LogP contribution in [0.4, 0.5) is 4.79 Å². The lowest BCUT2D eigenvalue weighted by Gasteiger charge is -2.22. The molecule has 0 heterocycles. The van der Waals surface area contributed by atoms with Crippen molar-refractivity contribution in [3.05, 3.63) is 0 Å². The number of rotatable bonds is 9. The van der Waals surface area contributed by atoms with E-state index in [1.54, 1.807) is 7.05 Å². The second-order valence-electron chi connectivity index (χ2n) is 4.84. The number of carboxylic acids is 1. The molecule has 3 amide bonds. The number of urea groups is 1. The van der Waals surface area contributed by atoms with E-state index in [4.69, 9.17) is 10.8 Å². The van der Waals surface area contributed by atoms with Gasteiger partial charge >= 0.3 is 12.0 Å². The molecule has 8 heteroatoms. The number of amides is 3. The first-order valence-corrected chi connectivity index (χ1v) is 6.53. The van der Waals surface area contributed by atoms with Gasteiger partial charge in [-0.3, -0.25) is 4.79 Å². The normalized spacial score (nSPS) is 13.6. The molecule has 0 aromatic heterocycles. The van der Waals surface area contributed by atoms with Gasteiger partial charge in [-0.05, 0) is 25.8 Å². The fourth-order valence-corrected chi connectivity index (χ4v) is 1.80. The number of aliphatic carboxylic acids is 1. The maximum absolute atomic E-state index is 11.9. The van der Waals surface area contributed by atoms with E-state index in [-0.39, 0.29) is 24.8 Å². The van der Waals surface area contributed by atoms with Gasteiger partial charge in [-0.25, -0.2) is 9.59 Å². The first-order valence-electron chi connectivity index (χ1n) is 6.53. The fraction of sp³-hybridized carbons (Fsp3) is 0.750. The summed E-state index contributed by atoms with van der Waals surface area (Å²) >= 11 is 0. The minimum atomic E-state index is -1.10. The second kappa shape index (κ2) is 9.13. The predicted octanol–water partition coefficient (Wildman–Crippen LogP) is -0.752. The van der Waals surface area contributed by atoms with Crippen molar-refractivity contribution in [3.8, 4) is 0 Å². The Balaban J connectivity index is 4.36. The van der Waals surface area contributed by atoms with Gasteiger partial charge in [-0.2, -0.15) is 0 Å². The Labute approximate surface area is 118 Å². The summed E-state index contributed by atoms with van der Waals surface area (Å²) in [4.78, 5) is 33.5. The average molecular weight is 288 g/mol. The lowest BCUT2D eigenvalue weighted by Crippen LogP contribution is -2.51. The van der Waals surface area contributed by atoms with Crippen molar-refractivity contribution in [1.82, 2.24) is 16.0 Å². The minimum absolute atomic E-state index is 0.0472. The molecule has 116 valence electrons. The zero-order chi connectivity index (χ0) is 15.7. The monoisotopic (exact) mass is 288 g/mol. The largest absolute Gasteiger partial charge is 0.480 e. The van der Waals surface area contributed by atoms with Crippen molar-refractivity contribution in [2.45, 2.75) is 38.8 Å². The third kappa shape index (κ3) is 6.93. The van der Waals surface area contributed by atoms with Gasteiger partial charge in [0.15, 0.2) is 0 Å². The maximum atomic E-state index is 11.9. The van der Waals surface area contributed by atoms with Crippen LogP contribution in [0.3, 0.4) is 0 Å². The summed E-state index contributed by atoms with van der Waals surface area (Å²) in [7, 11) is 1.65. The van der Waals surface area contributed by atoms with E-state index < -0.39 is 24.1 Å². The van der Waals surface area contributed by atoms with Gasteiger partial charge in [0.2, 0.25) is 5.91 Å². The molecule has 0 radical (unpaired) electrons. The van der Waals surface area contributed by atoms with Crippen LogP contribution in [0.1, 0.15) is 26.7 Å². The molecule has 6 N–H and O–H groups in total. The zero-order valence-corrected chi connectivity index (χ0v) is 12.1. The molecular weight excluding hydrogens is 264 g/mol. The van der Waals surface area contributed by atoms with Crippen molar-refractivity contribution in [2.24, 2.45) is 11.7 Å². The molecule has 0 unspecified atom stereocenters. The van der Waals surface area contributed by atoms with Crippen LogP contribution in [-0.4, -0.2) is 48.7 Å². The van der Waals surface area contributed by atoms with Gasteiger partial charge in [-0.1, -0.05) is 13.8 Å². The van der Waals surface area contributed by atoms with Crippen LogP contribution in [-0.2, 0) is 9.59 Å². The van der Waals surface area contributed by atoms with E-state index in [2.05, 4.69) is 16.0 Å². The van der Waals surface area contributed by atoms with E-state index in [0.29, 0.717) is 6.42 Å². The van der Waals surface area contributed by atoms with E-state index in [1.165, 1.54) is 0 Å². The zero-order valence-electron chi connectivity index (χ0n) is 12.1. The molecule has 0 saturated carbocycles. The van der Waals surface area contributed by atoms with Gasteiger partial charge < -0.3 is 26.8 Å². The van der Waals surface area contributed by atoms with E-state index >= 15 is 0 Å². The Bertz CT molecular complexity index is 346. The summed E-state index contributed by atoms with van der Waals surface area (Å²) in [6.07, 6.45) is 0.627. The smallest absolute Gasteiger partial charge is 0.326 e. The second-order valence-corrected chi connectivity index (χ2v) is 4.84. The number of hydrogen-bond donors (Lipinski definition) is 5. The summed E-state index contributed by atoms with van der Waals surface area (Å²) in [6.45, 7) is 4.01. The summed E-state index contributed by atoms with van der Waals surface area (Å²) in [5.74, 6) is -1.40. The maximum Gasteiger partial charge on any atom is 0.326 e. The van der Waals surface area contributed by atoms with Crippen LogP contribution in [0.5, 0.6) is 0 Å². The van der Waals surface area contributed by atoms with Crippen molar-refractivity contribution in [2.75, 3.05) is 13.6 Å². The Hall–Kier alpha value is -1.83. The number of likely N-dealkylation sites (N-methyl/N-ethyl adjacent to an activating group) is 1. The Kier molecular flexibility index (Phi) is 8.30. The molecule has 0 aliphatic carbocycles. The van der Waals surface area contributed by atoms with E-state index in [0.717, 1.165) is 0 Å². The van der Waals surface area contributed by atoms with E-state index in [9.17, 15) is 14.4 Å². The topological polar surface area (TPSA) is 134 Å². The molecular formula is C12H24N4O4. The Morgan fingerprint density at radius 2 is 1.85 bits per heavy atom. The summed E-state index contributed by atoms with van der Waals surface area (Å²) < 4.78 is 0. The minimum Gasteiger partial charge on any atom is -0.480 e. The van der Waals surface area contributed by atoms with Crippen LogP contribution >= 0.6 is 0 Å². The molecule has 0 aliphatic heterocycles. The predicted molar refractivity (Wildman–Crippen MR) is 74.1 cm³/mol. The third-order valence-electron chi connectivity index (χ3n) is 2.84. The third-order valence-corrected chi connectivity index (χ3v) is 2.84.